The zero-order valence-corrected chi connectivity index (χ0v) is 22.7. The van der Waals surface area contributed by atoms with Gasteiger partial charge in [0.25, 0.3) is 5.91 Å². The lowest BCUT2D eigenvalue weighted by Crippen LogP contribution is -2.44. The van der Waals surface area contributed by atoms with Crippen LogP contribution in [0.4, 0.5) is 24.5 Å². The summed E-state index contributed by atoms with van der Waals surface area (Å²) < 4.78 is 52.5. The van der Waals surface area contributed by atoms with Gasteiger partial charge in [0.15, 0.2) is 11.5 Å². The van der Waals surface area contributed by atoms with E-state index < -0.39 is 17.6 Å². The number of piperazine rings is 1. The molecule has 2 aliphatic heterocycles. The average molecular weight is 563 g/mol. The van der Waals surface area contributed by atoms with Crippen molar-refractivity contribution in [2.75, 3.05) is 63.9 Å². The van der Waals surface area contributed by atoms with Crippen LogP contribution in [0.2, 0.25) is 0 Å². The highest BCUT2D eigenvalue weighted by atomic mass is 19.4. The van der Waals surface area contributed by atoms with E-state index in [1.165, 1.54) is 18.2 Å². The largest absolute Gasteiger partial charge is 0.454 e. The van der Waals surface area contributed by atoms with Crippen molar-refractivity contribution in [1.82, 2.24) is 15.2 Å². The number of unbranched alkanes of at least 4 members (excludes halogenated alkanes) is 2. The predicted octanol–water partition coefficient (Wildman–Crippen LogP) is 3.88. The van der Waals surface area contributed by atoms with Crippen LogP contribution in [0.1, 0.15) is 36.0 Å². The van der Waals surface area contributed by atoms with Crippen LogP contribution in [0, 0.1) is 0 Å². The van der Waals surface area contributed by atoms with Crippen molar-refractivity contribution in [2.24, 2.45) is 5.73 Å². The highest BCUT2D eigenvalue weighted by Crippen LogP contribution is 2.38. The molecule has 0 atom stereocenters. The van der Waals surface area contributed by atoms with E-state index in [-0.39, 0.29) is 24.6 Å². The molecule has 2 aromatic rings. The van der Waals surface area contributed by atoms with Gasteiger partial charge in [-0.05, 0) is 56.3 Å². The highest BCUT2D eigenvalue weighted by molar-refractivity contribution is 5.93. The van der Waals surface area contributed by atoms with Gasteiger partial charge in [-0.3, -0.25) is 20.5 Å². The Labute approximate surface area is 232 Å². The third-order valence-corrected chi connectivity index (χ3v) is 6.89. The van der Waals surface area contributed by atoms with Crippen molar-refractivity contribution in [1.29, 1.82) is 0 Å². The molecule has 0 radical (unpaired) electrons. The lowest BCUT2D eigenvalue weighted by molar-refractivity contribution is -0.138. The second-order valence-corrected chi connectivity index (χ2v) is 9.97. The number of hydrogen-bond donors (Lipinski definition) is 4. The SMILES string of the molecule is CN1CCN(Cc2ccc(NNC(=O)/C=C/c3cc4c(cc3NCCCCCN)OCO4)cc2C(F)(F)F)CC1. The third-order valence-electron chi connectivity index (χ3n) is 6.89. The Bertz CT molecular complexity index is 1180. The number of hydrogen-bond acceptors (Lipinski definition) is 8. The first-order valence-electron chi connectivity index (χ1n) is 13.5. The van der Waals surface area contributed by atoms with Crippen molar-refractivity contribution in [3.05, 3.63) is 53.1 Å². The van der Waals surface area contributed by atoms with Crippen LogP contribution in [-0.4, -0.2) is 68.8 Å². The van der Waals surface area contributed by atoms with E-state index in [4.69, 9.17) is 15.2 Å². The number of nitrogens with one attached hydrogen (secondary N) is 3. The molecular weight excluding hydrogens is 525 g/mol. The van der Waals surface area contributed by atoms with Crippen LogP contribution in [0.25, 0.3) is 6.08 Å². The average Bonchev–Trinajstić information content (AvgIpc) is 3.39. The summed E-state index contributed by atoms with van der Waals surface area (Å²) in [6.07, 6.45) is 1.29. The molecule has 0 bridgehead atoms. The number of alkyl halides is 3. The Hall–Kier alpha value is -3.48. The minimum Gasteiger partial charge on any atom is -0.454 e. The van der Waals surface area contributed by atoms with Crippen molar-refractivity contribution in [3.8, 4) is 11.5 Å². The van der Waals surface area contributed by atoms with Crippen LogP contribution in [0.15, 0.2) is 36.4 Å². The molecule has 1 fully saturated rings. The zero-order valence-electron chi connectivity index (χ0n) is 22.7. The number of halogens is 3. The quantitative estimate of drug-likeness (QED) is 0.176. The molecule has 0 aliphatic carbocycles. The van der Waals surface area contributed by atoms with E-state index in [0.29, 0.717) is 36.7 Å². The van der Waals surface area contributed by atoms with E-state index in [1.807, 2.05) is 18.0 Å². The zero-order chi connectivity index (χ0) is 28.5. The number of hydrazine groups is 1. The fraction of sp³-hybridized carbons (Fsp3) is 0.464. The van der Waals surface area contributed by atoms with E-state index in [2.05, 4.69) is 21.1 Å². The summed E-state index contributed by atoms with van der Waals surface area (Å²) in [5.74, 6) is 0.661. The van der Waals surface area contributed by atoms with Gasteiger partial charge in [-0.1, -0.05) is 12.5 Å². The number of benzene rings is 2. The summed E-state index contributed by atoms with van der Waals surface area (Å²) in [5.41, 5.74) is 11.7. The second-order valence-electron chi connectivity index (χ2n) is 9.97. The van der Waals surface area contributed by atoms with Gasteiger partial charge in [0.2, 0.25) is 6.79 Å². The van der Waals surface area contributed by atoms with Crippen LogP contribution < -0.4 is 31.4 Å². The standard InChI is InChI=1S/C28H37F3N6O3/c1-36-11-13-37(14-12-36)18-21-5-7-22(16-23(21)28(29,30)31)34-35-27(38)8-6-20-15-25-26(40-19-39-25)17-24(20)33-10-4-2-3-9-32/h5-8,15-17,33-34H,2-4,9-14,18-19,32H2,1H3,(H,35,38)/b8-6+. The molecule has 40 heavy (non-hydrogen) atoms. The summed E-state index contributed by atoms with van der Waals surface area (Å²) in [6, 6.07) is 7.62. The molecule has 218 valence electrons. The number of likely N-dealkylation sites (N-methyl/N-ethyl adjacent to an activating group) is 1. The van der Waals surface area contributed by atoms with Crippen molar-refractivity contribution in [3.63, 3.8) is 0 Å². The first kappa shape index (κ1) is 29.5. The van der Waals surface area contributed by atoms with Gasteiger partial charge in [-0.25, -0.2) is 0 Å². The number of nitrogens with two attached hydrogens (primary N) is 1. The molecule has 4 rings (SSSR count). The Kier molecular flexibility index (Phi) is 10.1. The van der Waals surface area contributed by atoms with E-state index >= 15 is 0 Å². The highest BCUT2D eigenvalue weighted by Gasteiger charge is 2.34. The molecule has 2 heterocycles. The Balaban J connectivity index is 1.38. The molecular formula is C28H37F3N6O3. The topological polar surface area (TPSA) is 104 Å². The van der Waals surface area contributed by atoms with Gasteiger partial charge in [0, 0.05) is 62.7 Å². The minimum atomic E-state index is -4.52. The molecule has 2 aromatic carbocycles. The predicted molar refractivity (Wildman–Crippen MR) is 149 cm³/mol. The van der Waals surface area contributed by atoms with Gasteiger partial charge >= 0.3 is 6.18 Å². The van der Waals surface area contributed by atoms with Gasteiger partial charge in [-0.2, -0.15) is 13.2 Å². The number of anilines is 2. The van der Waals surface area contributed by atoms with E-state index in [0.717, 1.165) is 50.7 Å². The summed E-state index contributed by atoms with van der Waals surface area (Å²) >= 11 is 0. The fourth-order valence-electron chi connectivity index (χ4n) is 4.56. The smallest absolute Gasteiger partial charge is 0.416 e. The maximum absolute atomic E-state index is 13.9. The van der Waals surface area contributed by atoms with E-state index in [1.54, 1.807) is 12.1 Å². The van der Waals surface area contributed by atoms with Crippen LogP contribution in [-0.2, 0) is 17.5 Å². The summed E-state index contributed by atoms with van der Waals surface area (Å²) in [7, 11) is 2.00. The normalized spacial score (nSPS) is 15.9. The third kappa shape index (κ3) is 8.26. The van der Waals surface area contributed by atoms with Gasteiger partial charge < -0.3 is 25.4 Å². The minimum absolute atomic E-state index is 0.122. The maximum atomic E-state index is 13.9. The Morgan fingerprint density at radius 2 is 1.80 bits per heavy atom. The first-order chi connectivity index (χ1) is 19.2. The molecule has 1 saturated heterocycles. The maximum Gasteiger partial charge on any atom is 0.416 e. The second kappa shape index (κ2) is 13.7. The molecule has 0 aromatic heterocycles. The molecule has 0 unspecified atom stereocenters. The van der Waals surface area contributed by atoms with E-state index in [9.17, 15) is 18.0 Å². The Morgan fingerprint density at radius 3 is 2.52 bits per heavy atom. The molecule has 0 spiro atoms. The fourth-order valence-corrected chi connectivity index (χ4v) is 4.56. The van der Waals surface area contributed by atoms with Gasteiger partial charge in [0.05, 0.1) is 11.3 Å². The van der Waals surface area contributed by atoms with Crippen LogP contribution >= 0.6 is 0 Å². The molecule has 2 aliphatic rings. The van der Waals surface area contributed by atoms with Gasteiger partial charge in [-0.15, -0.1) is 0 Å². The molecule has 0 saturated carbocycles. The molecule has 12 heteroatoms. The van der Waals surface area contributed by atoms with Crippen molar-refractivity contribution in [2.45, 2.75) is 32.0 Å². The van der Waals surface area contributed by atoms with Crippen LogP contribution in [0.3, 0.4) is 0 Å². The first-order valence-corrected chi connectivity index (χ1v) is 13.5. The van der Waals surface area contributed by atoms with Crippen molar-refractivity contribution >= 4 is 23.4 Å². The summed E-state index contributed by atoms with van der Waals surface area (Å²) in [6.45, 7) is 4.78. The lowest BCUT2D eigenvalue weighted by Gasteiger charge is -2.33. The number of carbonyl (C=O) groups is 1. The molecule has 5 N–H and O–H groups in total. The van der Waals surface area contributed by atoms with Gasteiger partial charge in [0.1, 0.15) is 0 Å². The lowest BCUT2D eigenvalue weighted by atomic mass is 10.0. The summed E-state index contributed by atoms with van der Waals surface area (Å²) in [4.78, 5) is 16.7. The van der Waals surface area contributed by atoms with Crippen LogP contribution in [0.5, 0.6) is 11.5 Å². The van der Waals surface area contributed by atoms with Crippen molar-refractivity contribution < 1.29 is 27.4 Å². The number of fused-ring (bicyclic) bond motifs is 1. The number of carbonyl (C=O) groups excluding carboxylic acids is 1. The molecule has 9 nitrogen and oxygen atoms in total. The number of nitrogens with zero attached hydrogens (tertiary/aromatic N) is 2. The number of rotatable bonds is 12. The monoisotopic (exact) mass is 562 g/mol. The summed E-state index contributed by atoms with van der Waals surface area (Å²) in [5, 5.41) is 3.35. The molecule has 1 amide bonds. The number of ether oxygens (including phenoxy) is 2. The number of amides is 1. The Morgan fingerprint density at radius 1 is 1.05 bits per heavy atom.